The summed E-state index contributed by atoms with van der Waals surface area (Å²) in [6, 6.07) is 11.8. The molecular formula is C19H18ClN3O4. The average molecular weight is 388 g/mol. The van der Waals surface area contributed by atoms with E-state index >= 15 is 0 Å². The van der Waals surface area contributed by atoms with Crippen LogP contribution >= 0.6 is 11.6 Å². The summed E-state index contributed by atoms with van der Waals surface area (Å²) in [5.74, 6) is -0.225. The van der Waals surface area contributed by atoms with Crippen molar-refractivity contribution in [3.63, 3.8) is 0 Å². The lowest BCUT2D eigenvalue weighted by atomic mass is 10.2. The Hall–Kier alpha value is -3.06. The molecule has 27 heavy (non-hydrogen) atoms. The number of hydrogen-bond donors (Lipinski definition) is 1. The molecule has 0 saturated carbocycles. The highest BCUT2D eigenvalue weighted by Crippen LogP contribution is 2.25. The van der Waals surface area contributed by atoms with Gasteiger partial charge in [0.2, 0.25) is 0 Å². The quantitative estimate of drug-likeness (QED) is 0.654. The van der Waals surface area contributed by atoms with Crippen molar-refractivity contribution in [1.29, 1.82) is 0 Å². The van der Waals surface area contributed by atoms with E-state index in [-0.39, 0.29) is 12.1 Å². The van der Waals surface area contributed by atoms with Crippen molar-refractivity contribution in [3.8, 4) is 17.1 Å². The Morgan fingerprint density at radius 2 is 2.04 bits per heavy atom. The molecule has 3 rings (SSSR count). The number of furan rings is 1. The number of benzene rings is 1. The molecule has 140 valence electrons. The molecule has 0 spiro atoms. The Labute approximate surface area is 160 Å². The third-order valence-corrected chi connectivity index (χ3v) is 4.12. The number of ether oxygens (including phenoxy) is 1. The zero-order chi connectivity index (χ0) is 19.4. The van der Waals surface area contributed by atoms with Crippen LogP contribution in [0, 0.1) is 0 Å². The topological polar surface area (TPSA) is 86.4 Å². The Bertz CT molecular complexity index is 933. The Morgan fingerprint density at radius 1 is 1.30 bits per heavy atom. The van der Waals surface area contributed by atoms with Crippen LogP contribution in [0.5, 0.6) is 0 Å². The zero-order valence-corrected chi connectivity index (χ0v) is 15.6. The highest BCUT2D eigenvalue weighted by atomic mass is 35.5. The third-order valence-electron chi connectivity index (χ3n) is 3.86. The van der Waals surface area contributed by atoms with Crippen molar-refractivity contribution in [2.24, 2.45) is 0 Å². The number of nitrogens with zero attached hydrogens (tertiary/aromatic N) is 2. The summed E-state index contributed by atoms with van der Waals surface area (Å²) in [5.41, 5.74) is 1.55. The molecule has 1 unspecified atom stereocenters. The molecule has 0 saturated heterocycles. The van der Waals surface area contributed by atoms with Gasteiger partial charge in [0.15, 0.2) is 11.5 Å². The predicted octanol–water partition coefficient (Wildman–Crippen LogP) is 3.47. The number of aromatic nitrogens is 2. The molecule has 3 aromatic rings. The van der Waals surface area contributed by atoms with Crippen LogP contribution in [0.4, 0.5) is 0 Å². The number of methoxy groups -OCH3 is 1. The third kappa shape index (κ3) is 4.38. The van der Waals surface area contributed by atoms with Crippen LogP contribution in [0.1, 0.15) is 23.8 Å². The van der Waals surface area contributed by atoms with Crippen LogP contribution < -0.4 is 5.32 Å². The lowest BCUT2D eigenvalue weighted by Crippen LogP contribution is -2.34. The molecule has 0 aliphatic rings. The van der Waals surface area contributed by atoms with Crippen LogP contribution in [0.25, 0.3) is 17.1 Å². The van der Waals surface area contributed by atoms with Crippen LogP contribution in [0.2, 0.25) is 5.02 Å². The maximum atomic E-state index is 12.6. The highest BCUT2D eigenvalue weighted by molar-refractivity contribution is 6.30. The summed E-state index contributed by atoms with van der Waals surface area (Å²) < 4.78 is 11.7. The molecule has 0 fully saturated rings. The molecule has 0 aliphatic carbocycles. The second-order valence-electron chi connectivity index (χ2n) is 5.94. The lowest BCUT2D eigenvalue weighted by molar-refractivity contribution is -0.141. The molecule has 0 radical (unpaired) electrons. The molecular weight excluding hydrogens is 370 g/mol. The number of amides is 1. The first-order chi connectivity index (χ1) is 13.0. The van der Waals surface area contributed by atoms with E-state index in [4.69, 9.17) is 16.0 Å². The summed E-state index contributed by atoms with van der Waals surface area (Å²) in [6.07, 6.45) is 1.62. The van der Waals surface area contributed by atoms with E-state index in [0.717, 1.165) is 5.69 Å². The molecule has 0 bridgehead atoms. The number of hydrogen-bond acceptors (Lipinski definition) is 5. The fourth-order valence-corrected chi connectivity index (χ4v) is 2.68. The average Bonchev–Trinajstić information content (AvgIpc) is 3.31. The monoisotopic (exact) mass is 387 g/mol. The Kier molecular flexibility index (Phi) is 5.61. The van der Waals surface area contributed by atoms with Gasteiger partial charge in [-0.25, -0.2) is 4.68 Å². The predicted molar refractivity (Wildman–Crippen MR) is 99.8 cm³/mol. The standard InChI is InChI=1S/C19H18ClN3O4/c1-12(10-18(24)26-2)21-19(25)15-11-16(17-4-3-9-27-17)23(22-15)14-7-5-13(20)6-8-14/h3-9,11-12H,10H2,1-2H3,(H,21,25). The zero-order valence-electron chi connectivity index (χ0n) is 14.8. The highest BCUT2D eigenvalue weighted by Gasteiger charge is 2.20. The largest absolute Gasteiger partial charge is 0.469 e. The Balaban J connectivity index is 1.91. The van der Waals surface area contributed by atoms with E-state index < -0.39 is 17.9 Å². The minimum atomic E-state index is -0.397. The van der Waals surface area contributed by atoms with Crippen molar-refractivity contribution < 1.29 is 18.7 Å². The van der Waals surface area contributed by atoms with Crippen molar-refractivity contribution in [3.05, 3.63) is 59.4 Å². The van der Waals surface area contributed by atoms with Gasteiger partial charge in [0.25, 0.3) is 5.91 Å². The van der Waals surface area contributed by atoms with Gasteiger partial charge in [-0.1, -0.05) is 11.6 Å². The van der Waals surface area contributed by atoms with E-state index in [1.807, 2.05) is 0 Å². The first-order valence-electron chi connectivity index (χ1n) is 8.25. The number of halogens is 1. The molecule has 1 atom stereocenters. The molecule has 8 heteroatoms. The maximum Gasteiger partial charge on any atom is 0.307 e. The molecule has 1 aromatic carbocycles. The minimum absolute atomic E-state index is 0.0746. The summed E-state index contributed by atoms with van der Waals surface area (Å²) in [7, 11) is 1.31. The fraction of sp³-hybridized carbons (Fsp3) is 0.211. The van der Waals surface area contributed by atoms with Crippen molar-refractivity contribution in [1.82, 2.24) is 15.1 Å². The summed E-state index contributed by atoms with van der Waals surface area (Å²) in [5, 5.41) is 7.74. The number of esters is 1. The molecule has 2 aromatic heterocycles. The number of rotatable bonds is 6. The molecule has 1 amide bonds. The number of carbonyl (C=O) groups excluding carboxylic acids is 2. The maximum absolute atomic E-state index is 12.6. The lowest BCUT2D eigenvalue weighted by Gasteiger charge is -2.11. The summed E-state index contributed by atoms with van der Waals surface area (Å²) in [4.78, 5) is 23.9. The van der Waals surface area contributed by atoms with E-state index in [2.05, 4.69) is 15.2 Å². The Morgan fingerprint density at radius 3 is 2.67 bits per heavy atom. The van der Waals surface area contributed by atoms with E-state index in [9.17, 15) is 9.59 Å². The van der Waals surface area contributed by atoms with Gasteiger partial charge in [-0.15, -0.1) is 0 Å². The van der Waals surface area contributed by atoms with Gasteiger partial charge < -0.3 is 14.5 Å². The first-order valence-corrected chi connectivity index (χ1v) is 8.63. The van der Waals surface area contributed by atoms with Gasteiger partial charge >= 0.3 is 5.97 Å². The van der Waals surface area contributed by atoms with Crippen LogP contribution in [-0.2, 0) is 9.53 Å². The van der Waals surface area contributed by atoms with Gasteiger partial charge in [-0.05, 0) is 43.3 Å². The van der Waals surface area contributed by atoms with Gasteiger partial charge in [-0.3, -0.25) is 9.59 Å². The number of carbonyl (C=O) groups is 2. The second-order valence-corrected chi connectivity index (χ2v) is 6.37. The molecule has 1 N–H and O–H groups in total. The van der Waals surface area contributed by atoms with E-state index in [1.54, 1.807) is 60.3 Å². The second kappa shape index (κ2) is 8.09. The van der Waals surface area contributed by atoms with Gasteiger partial charge in [0, 0.05) is 17.1 Å². The summed E-state index contributed by atoms with van der Waals surface area (Å²) in [6.45, 7) is 1.72. The molecule has 7 nitrogen and oxygen atoms in total. The first kappa shape index (κ1) is 18.7. The van der Waals surface area contributed by atoms with Gasteiger partial charge in [0.05, 0.1) is 25.5 Å². The SMILES string of the molecule is COC(=O)CC(C)NC(=O)c1cc(-c2ccco2)n(-c2ccc(Cl)cc2)n1. The van der Waals surface area contributed by atoms with Crippen molar-refractivity contribution in [2.45, 2.75) is 19.4 Å². The van der Waals surface area contributed by atoms with Crippen LogP contribution in [-0.4, -0.2) is 34.8 Å². The molecule has 0 aliphatic heterocycles. The van der Waals surface area contributed by atoms with Crippen molar-refractivity contribution in [2.75, 3.05) is 7.11 Å². The fourth-order valence-electron chi connectivity index (χ4n) is 2.55. The van der Waals surface area contributed by atoms with Crippen LogP contribution in [0.3, 0.4) is 0 Å². The van der Waals surface area contributed by atoms with Gasteiger partial charge in [-0.2, -0.15) is 5.10 Å². The van der Waals surface area contributed by atoms with Crippen molar-refractivity contribution >= 4 is 23.5 Å². The molecule has 2 heterocycles. The normalized spacial score (nSPS) is 11.8. The summed E-state index contributed by atoms with van der Waals surface area (Å²) >= 11 is 5.95. The minimum Gasteiger partial charge on any atom is -0.469 e. The van der Waals surface area contributed by atoms with E-state index in [0.29, 0.717) is 16.5 Å². The van der Waals surface area contributed by atoms with Gasteiger partial charge in [0.1, 0.15) is 5.69 Å². The van der Waals surface area contributed by atoms with E-state index in [1.165, 1.54) is 7.11 Å². The van der Waals surface area contributed by atoms with Crippen LogP contribution in [0.15, 0.2) is 53.1 Å². The number of nitrogens with one attached hydrogen (secondary N) is 1. The smallest absolute Gasteiger partial charge is 0.307 e.